The minimum Gasteiger partial charge on any atom is -0.254 e. The minimum absolute atomic E-state index is 0.0436. The van der Waals surface area contributed by atoms with Gasteiger partial charge in [0.1, 0.15) is 0 Å². The normalized spacial score (nSPS) is 18.8. The van der Waals surface area contributed by atoms with Crippen LogP contribution < -0.4 is 0 Å². The van der Waals surface area contributed by atoms with Crippen molar-refractivity contribution in [3.8, 4) is 6.07 Å². The molecule has 1 saturated carbocycles. The van der Waals surface area contributed by atoms with Crippen LogP contribution in [0.25, 0.3) is 0 Å². The predicted molar refractivity (Wildman–Crippen MR) is 67.3 cm³/mol. The van der Waals surface area contributed by atoms with E-state index in [9.17, 15) is 4.21 Å². The molecule has 0 spiro atoms. The average molecular weight is 298 g/mol. The summed E-state index contributed by atoms with van der Waals surface area (Å²) < 4.78 is 13.1. The highest BCUT2D eigenvalue weighted by Gasteiger charge is 2.43. The van der Waals surface area contributed by atoms with Gasteiger partial charge in [-0.15, -0.1) is 0 Å². The summed E-state index contributed by atoms with van der Waals surface area (Å²) in [4.78, 5) is 0.846. The average Bonchev–Trinajstić information content (AvgIpc) is 2.98. The molecule has 84 valence electrons. The van der Waals surface area contributed by atoms with Crippen molar-refractivity contribution >= 4 is 26.7 Å². The highest BCUT2D eigenvalue weighted by Crippen LogP contribution is 2.49. The molecule has 0 radical (unpaired) electrons. The SMILES string of the molecule is N#CCC1(CS(=O)c2cccc(Br)c2)CC1. The monoisotopic (exact) mass is 297 g/mol. The molecule has 0 aliphatic heterocycles. The molecule has 2 rings (SSSR count). The second-order valence-electron chi connectivity index (χ2n) is 4.28. The zero-order chi connectivity index (χ0) is 11.6. The zero-order valence-corrected chi connectivity index (χ0v) is 11.2. The maximum Gasteiger partial charge on any atom is 0.0627 e. The summed E-state index contributed by atoms with van der Waals surface area (Å²) in [6, 6.07) is 9.77. The van der Waals surface area contributed by atoms with Crippen molar-refractivity contribution < 1.29 is 4.21 Å². The Morgan fingerprint density at radius 2 is 2.25 bits per heavy atom. The van der Waals surface area contributed by atoms with E-state index in [0.717, 1.165) is 22.2 Å². The van der Waals surface area contributed by atoms with Gasteiger partial charge in [0.15, 0.2) is 0 Å². The molecule has 0 heterocycles. The molecule has 2 nitrogen and oxygen atoms in total. The van der Waals surface area contributed by atoms with Crippen molar-refractivity contribution in [2.24, 2.45) is 5.41 Å². The molecule has 0 bridgehead atoms. The number of nitriles is 1. The molecule has 1 aliphatic carbocycles. The minimum atomic E-state index is -0.983. The summed E-state index contributed by atoms with van der Waals surface area (Å²) in [6.45, 7) is 0. The topological polar surface area (TPSA) is 40.9 Å². The van der Waals surface area contributed by atoms with Crippen LogP contribution in [0, 0.1) is 16.7 Å². The van der Waals surface area contributed by atoms with E-state index < -0.39 is 10.8 Å². The molecule has 0 N–H and O–H groups in total. The summed E-state index contributed by atoms with van der Waals surface area (Å²) in [6.07, 6.45) is 2.62. The van der Waals surface area contributed by atoms with Gasteiger partial charge < -0.3 is 0 Å². The van der Waals surface area contributed by atoms with E-state index in [1.807, 2.05) is 24.3 Å². The third-order valence-electron chi connectivity index (χ3n) is 2.91. The van der Waals surface area contributed by atoms with Gasteiger partial charge in [-0.2, -0.15) is 5.26 Å². The van der Waals surface area contributed by atoms with Gasteiger partial charge in [-0.1, -0.05) is 22.0 Å². The largest absolute Gasteiger partial charge is 0.254 e. The van der Waals surface area contributed by atoms with Gasteiger partial charge in [0, 0.05) is 21.5 Å². The maximum atomic E-state index is 12.1. The summed E-state index contributed by atoms with van der Waals surface area (Å²) in [5, 5.41) is 8.71. The van der Waals surface area contributed by atoms with Gasteiger partial charge in [-0.05, 0) is 36.5 Å². The Hall–Kier alpha value is -0.660. The van der Waals surface area contributed by atoms with Crippen LogP contribution in [0.4, 0.5) is 0 Å². The van der Waals surface area contributed by atoms with Crippen molar-refractivity contribution in [2.75, 3.05) is 5.75 Å². The summed E-state index contributed by atoms with van der Waals surface area (Å²) in [5.41, 5.74) is 0.0436. The van der Waals surface area contributed by atoms with Crippen molar-refractivity contribution in [2.45, 2.75) is 24.2 Å². The molecule has 0 aromatic heterocycles. The van der Waals surface area contributed by atoms with Crippen molar-refractivity contribution in [3.63, 3.8) is 0 Å². The lowest BCUT2D eigenvalue weighted by Gasteiger charge is -2.10. The first-order valence-corrected chi connectivity index (χ1v) is 7.27. The quantitative estimate of drug-likeness (QED) is 0.856. The van der Waals surface area contributed by atoms with Gasteiger partial charge in [0.05, 0.1) is 16.9 Å². The smallest absolute Gasteiger partial charge is 0.0627 e. The summed E-state index contributed by atoms with van der Waals surface area (Å²) >= 11 is 3.37. The lowest BCUT2D eigenvalue weighted by Crippen LogP contribution is -2.11. The van der Waals surface area contributed by atoms with Crippen LogP contribution in [0.15, 0.2) is 33.6 Å². The van der Waals surface area contributed by atoms with E-state index in [1.165, 1.54) is 0 Å². The molecular weight excluding hydrogens is 286 g/mol. The highest BCUT2D eigenvalue weighted by molar-refractivity contribution is 9.10. The maximum absolute atomic E-state index is 12.1. The first-order chi connectivity index (χ1) is 7.65. The van der Waals surface area contributed by atoms with Crippen molar-refractivity contribution in [1.29, 1.82) is 5.26 Å². The molecule has 0 amide bonds. The number of rotatable bonds is 4. The van der Waals surface area contributed by atoms with Crippen molar-refractivity contribution in [1.82, 2.24) is 0 Å². The standard InChI is InChI=1S/C12H12BrNOS/c13-10-2-1-3-11(8-10)16(15)9-12(4-5-12)6-7-14/h1-3,8H,4-6,9H2. The molecule has 16 heavy (non-hydrogen) atoms. The first-order valence-electron chi connectivity index (χ1n) is 5.16. The van der Waals surface area contributed by atoms with E-state index >= 15 is 0 Å². The molecule has 1 aromatic rings. The molecule has 1 unspecified atom stereocenters. The predicted octanol–water partition coefficient (Wildman–Crippen LogP) is 3.25. The molecule has 4 heteroatoms. The van der Waals surface area contributed by atoms with Gasteiger partial charge in [-0.25, -0.2) is 0 Å². The number of halogens is 1. The van der Waals surface area contributed by atoms with Crippen LogP contribution in [0.3, 0.4) is 0 Å². The van der Waals surface area contributed by atoms with Crippen LogP contribution in [0.2, 0.25) is 0 Å². The van der Waals surface area contributed by atoms with Crippen molar-refractivity contribution in [3.05, 3.63) is 28.7 Å². The molecule has 0 saturated heterocycles. The van der Waals surface area contributed by atoms with E-state index in [2.05, 4.69) is 22.0 Å². The Morgan fingerprint density at radius 1 is 1.50 bits per heavy atom. The van der Waals surface area contributed by atoms with Gasteiger partial charge >= 0.3 is 0 Å². The lowest BCUT2D eigenvalue weighted by molar-refractivity contribution is 0.587. The first kappa shape index (κ1) is 11.8. The zero-order valence-electron chi connectivity index (χ0n) is 8.78. The number of hydrogen-bond acceptors (Lipinski definition) is 2. The van der Waals surface area contributed by atoms with E-state index in [4.69, 9.17) is 5.26 Å². The molecule has 1 atom stereocenters. The van der Waals surface area contributed by atoms with Gasteiger partial charge in [0.25, 0.3) is 0 Å². The Labute approximate surface area is 106 Å². The van der Waals surface area contributed by atoms with E-state index in [-0.39, 0.29) is 5.41 Å². The fourth-order valence-corrected chi connectivity index (χ4v) is 3.84. The Kier molecular flexibility index (Phi) is 3.46. The van der Waals surface area contributed by atoms with Gasteiger partial charge in [-0.3, -0.25) is 4.21 Å². The van der Waals surface area contributed by atoms with Crippen LogP contribution in [-0.2, 0) is 10.8 Å². The Morgan fingerprint density at radius 3 is 2.81 bits per heavy atom. The Balaban J connectivity index is 2.07. The molecule has 1 aromatic carbocycles. The lowest BCUT2D eigenvalue weighted by atomic mass is 10.1. The second-order valence-corrected chi connectivity index (χ2v) is 6.65. The molecule has 1 fully saturated rings. The van der Waals surface area contributed by atoms with E-state index in [1.54, 1.807) is 0 Å². The van der Waals surface area contributed by atoms with Crippen LogP contribution >= 0.6 is 15.9 Å². The summed E-state index contributed by atoms with van der Waals surface area (Å²) in [7, 11) is -0.983. The second kappa shape index (κ2) is 4.68. The number of hydrogen-bond donors (Lipinski definition) is 0. The van der Waals surface area contributed by atoms with Crippen LogP contribution in [0.1, 0.15) is 19.3 Å². The number of nitrogens with zero attached hydrogens (tertiary/aromatic N) is 1. The van der Waals surface area contributed by atoms with Crippen LogP contribution in [-0.4, -0.2) is 9.96 Å². The third-order valence-corrected chi connectivity index (χ3v) is 5.05. The fourth-order valence-electron chi connectivity index (χ4n) is 1.69. The molecular formula is C12H12BrNOS. The van der Waals surface area contributed by atoms with E-state index in [0.29, 0.717) is 12.2 Å². The fraction of sp³-hybridized carbons (Fsp3) is 0.417. The molecule has 1 aliphatic rings. The van der Waals surface area contributed by atoms with Crippen LogP contribution in [0.5, 0.6) is 0 Å². The number of benzene rings is 1. The van der Waals surface area contributed by atoms with Gasteiger partial charge in [0.2, 0.25) is 0 Å². The third kappa shape index (κ3) is 2.72. The highest BCUT2D eigenvalue weighted by atomic mass is 79.9. The Bertz CT molecular complexity index is 462. The summed E-state index contributed by atoms with van der Waals surface area (Å²) in [5.74, 6) is 0.622.